The van der Waals surface area contributed by atoms with Crippen LogP contribution >= 0.6 is 77.0 Å². The molecule has 0 nitrogen and oxygen atoms in total. The third kappa shape index (κ3) is 4.35. The van der Waals surface area contributed by atoms with Gasteiger partial charge in [-0.2, -0.15) is 0 Å². The lowest BCUT2D eigenvalue weighted by Crippen LogP contribution is -2.17. The van der Waals surface area contributed by atoms with Gasteiger partial charge >= 0.3 is 0 Å². The summed E-state index contributed by atoms with van der Waals surface area (Å²) in [6.45, 7) is 0. The average Bonchev–Trinajstić information content (AvgIpc) is 2.69. The number of hydrogen-bond acceptors (Lipinski definition) is 0. The lowest BCUT2D eigenvalue weighted by Gasteiger charge is -2.31. The predicted octanol–water partition coefficient (Wildman–Crippen LogP) is 8.64. The van der Waals surface area contributed by atoms with Crippen LogP contribution in [0.2, 0.25) is 0 Å². The Bertz CT molecular complexity index is 1020. The van der Waals surface area contributed by atoms with E-state index in [1.807, 2.05) is 0 Å². The molecule has 0 bridgehead atoms. The quantitative estimate of drug-likeness (QED) is 0.216. The maximum absolute atomic E-state index is 3.98. The zero-order valence-electron chi connectivity index (χ0n) is 14.7. The molecule has 4 rings (SSSR count). The van der Waals surface area contributed by atoms with Crippen molar-refractivity contribution in [2.24, 2.45) is 0 Å². The smallest absolute Gasteiger partial charge is 0.0644 e. The number of alkyl halides is 4. The minimum absolute atomic E-state index is 0.117. The first-order valence-corrected chi connectivity index (χ1v) is 12.6. The predicted molar refractivity (Wildman–Crippen MR) is 145 cm³/mol. The first-order chi connectivity index (χ1) is 13.4. The van der Waals surface area contributed by atoms with Gasteiger partial charge in [0.15, 0.2) is 0 Å². The van der Waals surface area contributed by atoms with E-state index in [1.165, 1.54) is 33.4 Å². The highest BCUT2D eigenvalue weighted by molar-refractivity contribution is 14.1. The van der Waals surface area contributed by atoms with Crippen LogP contribution in [0.25, 0.3) is 11.1 Å². The fourth-order valence-corrected chi connectivity index (χ4v) is 5.38. The van der Waals surface area contributed by atoms with E-state index < -0.39 is 0 Å². The molecular weight excluding hydrogens is 702 g/mol. The van der Waals surface area contributed by atoms with Gasteiger partial charge in [-0.3, -0.25) is 0 Å². The van der Waals surface area contributed by atoms with Gasteiger partial charge in [-0.25, -0.2) is 0 Å². The Morgan fingerprint density at radius 3 is 1.75 bits per heavy atom. The number of allylic oxidation sites excluding steroid dienone is 10. The first kappa shape index (κ1) is 20.8. The third-order valence-corrected chi connectivity index (χ3v) is 7.53. The molecule has 140 valence electrons. The molecule has 0 saturated heterocycles. The summed E-state index contributed by atoms with van der Waals surface area (Å²) in [5.74, 6) is 0. The maximum atomic E-state index is 3.98. The fourth-order valence-electron chi connectivity index (χ4n) is 3.44. The van der Waals surface area contributed by atoms with Crippen LogP contribution in [-0.4, -0.2) is 4.66 Å². The van der Waals surface area contributed by atoms with Crippen molar-refractivity contribution in [1.82, 2.24) is 0 Å². The van der Waals surface area contributed by atoms with Gasteiger partial charge in [0, 0.05) is 0 Å². The molecule has 2 aliphatic rings. The second kappa shape index (κ2) is 8.36. The summed E-state index contributed by atoms with van der Waals surface area (Å²) in [5.41, 5.74) is 7.44. The Hall–Kier alpha value is -0.440. The highest BCUT2D eigenvalue weighted by Gasteiger charge is 2.34. The van der Waals surface area contributed by atoms with E-state index in [-0.39, 0.29) is 4.66 Å². The van der Waals surface area contributed by atoms with Crippen LogP contribution in [0.5, 0.6) is 0 Å². The standard InChI is InChI=1S/C24H16Br2I2/c25-23(27)14-11-17(12-15-23)20-13-16-24(26,28)22(19-9-5-2-6-10-19)21(20)18-7-3-1-4-8-18/h1-16H. The molecule has 0 N–H and O–H groups in total. The summed E-state index contributed by atoms with van der Waals surface area (Å²) in [6.07, 6.45) is 13.3. The molecule has 0 spiro atoms. The maximum Gasteiger partial charge on any atom is 0.121 e. The molecule has 28 heavy (non-hydrogen) atoms. The van der Waals surface area contributed by atoms with Crippen molar-refractivity contribution in [2.45, 2.75) is 4.66 Å². The molecule has 0 fully saturated rings. The summed E-state index contributed by atoms with van der Waals surface area (Å²) < 4.78 is -0.388. The summed E-state index contributed by atoms with van der Waals surface area (Å²) >= 11 is 12.6. The normalized spacial score (nSPS) is 26.9. The molecule has 0 heterocycles. The van der Waals surface area contributed by atoms with Crippen molar-refractivity contribution in [3.8, 4) is 0 Å². The Labute approximate surface area is 210 Å². The highest BCUT2D eigenvalue weighted by Crippen LogP contribution is 2.52. The Balaban J connectivity index is 2.03. The van der Waals surface area contributed by atoms with E-state index in [1.54, 1.807) is 0 Å². The summed E-state index contributed by atoms with van der Waals surface area (Å²) in [5, 5.41) is 0. The number of hydrogen-bond donors (Lipinski definition) is 0. The number of halogens is 4. The van der Waals surface area contributed by atoms with Gasteiger partial charge in [0.2, 0.25) is 0 Å². The SMILES string of the molecule is BrC1(I)C=CC(=C2C=CC(Br)(I)C(c3ccccc3)=C2c2ccccc2)C=C1. The largest absolute Gasteiger partial charge is 0.121 e. The van der Waals surface area contributed by atoms with Crippen molar-refractivity contribution >= 4 is 88.2 Å². The van der Waals surface area contributed by atoms with Crippen LogP contribution < -0.4 is 0 Å². The first-order valence-electron chi connectivity index (χ1n) is 8.81. The lowest BCUT2D eigenvalue weighted by atomic mass is 9.81. The molecule has 0 radical (unpaired) electrons. The van der Waals surface area contributed by atoms with Crippen LogP contribution in [0, 0.1) is 0 Å². The molecule has 0 amide bonds. The summed E-state index contributed by atoms with van der Waals surface area (Å²) in [7, 11) is 0. The summed E-state index contributed by atoms with van der Waals surface area (Å²) in [4.78, 5) is 0. The zero-order valence-corrected chi connectivity index (χ0v) is 22.2. The van der Waals surface area contributed by atoms with E-state index in [4.69, 9.17) is 0 Å². The molecule has 4 heteroatoms. The minimum Gasteiger partial charge on any atom is -0.0644 e. The Morgan fingerprint density at radius 2 is 1.18 bits per heavy atom. The van der Waals surface area contributed by atoms with E-state index in [0.29, 0.717) is 0 Å². The van der Waals surface area contributed by atoms with Gasteiger partial charge in [0.1, 0.15) is 4.66 Å². The van der Waals surface area contributed by atoms with Crippen molar-refractivity contribution in [3.63, 3.8) is 0 Å². The van der Waals surface area contributed by atoms with Crippen LogP contribution in [-0.2, 0) is 0 Å². The second-order valence-corrected chi connectivity index (χ2v) is 15.7. The van der Waals surface area contributed by atoms with Crippen LogP contribution in [0.3, 0.4) is 0 Å². The van der Waals surface area contributed by atoms with Gasteiger partial charge < -0.3 is 0 Å². The second-order valence-electron chi connectivity index (χ2n) is 6.65. The van der Waals surface area contributed by atoms with Crippen molar-refractivity contribution in [3.05, 3.63) is 119 Å². The summed E-state index contributed by atoms with van der Waals surface area (Å²) in [6, 6.07) is 21.3. The highest BCUT2D eigenvalue weighted by atomic mass is 127. The van der Waals surface area contributed by atoms with Crippen LogP contribution in [0.4, 0.5) is 0 Å². The molecule has 0 aromatic heterocycles. The van der Waals surface area contributed by atoms with E-state index in [2.05, 4.69) is 174 Å². The molecule has 2 aromatic rings. The molecule has 2 aliphatic carbocycles. The van der Waals surface area contributed by atoms with Crippen molar-refractivity contribution in [2.75, 3.05) is 0 Å². The van der Waals surface area contributed by atoms with Gasteiger partial charge in [0.05, 0.1) is 0 Å². The minimum atomic E-state index is -0.272. The fraction of sp³-hybridized carbons (Fsp3) is 0.0833. The molecule has 0 saturated carbocycles. The third-order valence-electron chi connectivity index (χ3n) is 4.72. The van der Waals surface area contributed by atoms with E-state index in [9.17, 15) is 0 Å². The Kier molecular flexibility index (Phi) is 6.22. The number of rotatable bonds is 2. The zero-order chi connectivity index (χ0) is 19.8. The van der Waals surface area contributed by atoms with Crippen LogP contribution in [0.1, 0.15) is 11.1 Å². The molecule has 2 aromatic carbocycles. The average molecular weight is 718 g/mol. The molecule has 1 unspecified atom stereocenters. The molecule has 1 atom stereocenters. The van der Waals surface area contributed by atoms with Crippen molar-refractivity contribution < 1.29 is 0 Å². The lowest BCUT2D eigenvalue weighted by molar-refractivity contribution is 1.31. The van der Waals surface area contributed by atoms with Crippen LogP contribution in [0.15, 0.2) is 108 Å². The van der Waals surface area contributed by atoms with Gasteiger partial charge in [0.25, 0.3) is 0 Å². The van der Waals surface area contributed by atoms with Gasteiger partial charge in [-0.05, 0) is 33.4 Å². The van der Waals surface area contributed by atoms with E-state index >= 15 is 0 Å². The Morgan fingerprint density at radius 1 is 0.643 bits per heavy atom. The van der Waals surface area contributed by atoms with Crippen molar-refractivity contribution in [1.29, 1.82) is 0 Å². The molecular formula is C24H16Br2I2. The van der Waals surface area contributed by atoms with E-state index in [0.717, 1.165) is 0 Å². The van der Waals surface area contributed by atoms with Gasteiger partial charge in [-0.1, -0.05) is 174 Å². The number of benzene rings is 2. The van der Waals surface area contributed by atoms with Gasteiger partial charge in [-0.15, -0.1) is 0 Å². The molecule has 0 aliphatic heterocycles. The monoisotopic (exact) mass is 716 g/mol. The topological polar surface area (TPSA) is 0 Å².